The molecule has 0 saturated heterocycles. The number of aryl methyl sites for hydroxylation is 1. The van der Waals surface area contributed by atoms with Crippen LogP contribution in [0.1, 0.15) is 23.6 Å². The van der Waals surface area contributed by atoms with E-state index in [1.54, 1.807) is 19.3 Å². The average molecular weight is 386 g/mol. The number of aromatic nitrogens is 2. The van der Waals surface area contributed by atoms with E-state index < -0.39 is 11.7 Å². The number of H-pyrrole nitrogens is 1. The summed E-state index contributed by atoms with van der Waals surface area (Å²) in [6.07, 6.45) is 5.52. The van der Waals surface area contributed by atoms with Gasteiger partial charge in [-0.1, -0.05) is 18.2 Å². The predicted molar refractivity (Wildman–Crippen MR) is 106 cm³/mol. The van der Waals surface area contributed by atoms with Crippen molar-refractivity contribution in [2.24, 2.45) is 0 Å². The van der Waals surface area contributed by atoms with Gasteiger partial charge in [-0.2, -0.15) is 13.2 Å². The lowest BCUT2D eigenvalue weighted by molar-refractivity contribution is -0.137. The second kappa shape index (κ2) is 8.21. The van der Waals surface area contributed by atoms with Crippen molar-refractivity contribution in [1.29, 1.82) is 0 Å². The molecule has 0 atom stereocenters. The first kappa shape index (κ1) is 19.5. The fourth-order valence-electron chi connectivity index (χ4n) is 2.89. The maximum atomic E-state index is 12.9. The van der Waals surface area contributed by atoms with Gasteiger partial charge in [-0.3, -0.25) is 0 Å². The molecule has 0 aliphatic rings. The van der Waals surface area contributed by atoms with Gasteiger partial charge < -0.3 is 15.8 Å². The maximum absolute atomic E-state index is 12.9. The topological polar surface area (TPSA) is 52.7 Å². The van der Waals surface area contributed by atoms with E-state index >= 15 is 0 Å². The largest absolute Gasteiger partial charge is 0.416 e. The standard InChI is InChI=1S/C21H21F3N4/c1-3-5-15(10-16-13-26-20-18(16)6-4-9-25-20)12-27-28-19-11-17(21(22,23)24)8-7-14(19)2/h3-9,11-13,27-28H,10H2,1-2H3,(H,25,26)/b5-3-,15-12+. The highest BCUT2D eigenvalue weighted by Gasteiger charge is 2.30. The number of aromatic amines is 1. The Kier molecular flexibility index (Phi) is 5.73. The van der Waals surface area contributed by atoms with Gasteiger partial charge in [-0.05, 0) is 54.8 Å². The van der Waals surface area contributed by atoms with Crippen LogP contribution in [0.5, 0.6) is 0 Å². The zero-order valence-electron chi connectivity index (χ0n) is 15.6. The minimum atomic E-state index is -4.38. The monoisotopic (exact) mass is 386 g/mol. The Morgan fingerprint density at radius 1 is 1.25 bits per heavy atom. The third kappa shape index (κ3) is 4.54. The van der Waals surface area contributed by atoms with Crippen molar-refractivity contribution in [1.82, 2.24) is 15.4 Å². The smallest absolute Gasteiger partial charge is 0.346 e. The average Bonchev–Trinajstić information content (AvgIpc) is 3.05. The van der Waals surface area contributed by atoms with Gasteiger partial charge in [-0.25, -0.2) is 4.98 Å². The second-order valence-electron chi connectivity index (χ2n) is 6.41. The Hall–Kier alpha value is -3.22. The lowest BCUT2D eigenvalue weighted by atomic mass is 10.1. The molecule has 0 unspecified atom stereocenters. The molecule has 1 aromatic carbocycles. The van der Waals surface area contributed by atoms with E-state index in [1.165, 1.54) is 6.07 Å². The molecule has 7 heteroatoms. The molecule has 0 spiro atoms. The normalized spacial score (nSPS) is 12.7. The molecule has 0 aliphatic heterocycles. The highest BCUT2D eigenvalue weighted by Crippen LogP contribution is 2.31. The van der Waals surface area contributed by atoms with E-state index in [-0.39, 0.29) is 0 Å². The number of benzene rings is 1. The number of halogens is 3. The van der Waals surface area contributed by atoms with Crippen molar-refractivity contribution in [3.05, 3.63) is 83.3 Å². The summed E-state index contributed by atoms with van der Waals surface area (Å²) in [4.78, 5) is 7.42. The van der Waals surface area contributed by atoms with Crippen LogP contribution in [0.3, 0.4) is 0 Å². The predicted octanol–water partition coefficient (Wildman–Crippen LogP) is 5.51. The molecule has 0 saturated carbocycles. The van der Waals surface area contributed by atoms with Gasteiger partial charge in [0.1, 0.15) is 5.65 Å². The summed E-state index contributed by atoms with van der Waals surface area (Å²) in [7, 11) is 0. The summed E-state index contributed by atoms with van der Waals surface area (Å²) in [5.41, 5.74) is 9.03. The molecule has 0 aliphatic carbocycles. The number of nitrogens with zero attached hydrogens (tertiary/aromatic N) is 1. The first-order chi connectivity index (χ1) is 13.4. The van der Waals surface area contributed by atoms with Gasteiger partial charge in [0, 0.05) is 30.4 Å². The number of rotatable bonds is 6. The van der Waals surface area contributed by atoms with Crippen LogP contribution in [0.2, 0.25) is 0 Å². The third-order valence-electron chi connectivity index (χ3n) is 4.34. The molecule has 28 heavy (non-hydrogen) atoms. The third-order valence-corrected chi connectivity index (χ3v) is 4.34. The minimum absolute atomic E-state index is 0.377. The van der Waals surface area contributed by atoms with E-state index in [0.717, 1.165) is 34.3 Å². The van der Waals surface area contributed by atoms with Crippen LogP contribution in [-0.2, 0) is 12.6 Å². The first-order valence-electron chi connectivity index (χ1n) is 8.80. The molecule has 2 aromatic heterocycles. The lowest BCUT2D eigenvalue weighted by Gasteiger charge is -2.13. The van der Waals surface area contributed by atoms with Crippen LogP contribution in [0, 0.1) is 6.92 Å². The fraction of sp³-hybridized carbons (Fsp3) is 0.190. The molecule has 0 amide bonds. The number of hydrogen-bond acceptors (Lipinski definition) is 3. The van der Waals surface area contributed by atoms with Crippen LogP contribution in [-0.4, -0.2) is 9.97 Å². The first-order valence-corrected chi connectivity index (χ1v) is 8.80. The molecule has 3 rings (SSSR count). The van der Waals surface area contributed by atoms with Crippen LogP contribution in [0.25, 0.3) is 11.0 Å². The molecule has 0 radical (unpaired) electrons. The summed E-state index contributed by atoms with van der Waals surface area (Å²) in [5, 5.41) is 1.04. The van der Waals surface area contributed by atoms with Gasteiger partial charge in [0.25, 0.3) is 0 Å². The highest BCUT2D eigenvalue weighted by molar-refractivity contribution is 5.79. The maximum Gasteiger partial charge on any atom is 0.416 e. The van der Waals surface area contributed by atoms with Crippen molar-refractivity contribution in [3.8, 4) is 0 Å². The molecule has 3 aromatic rings. The minimum Gasteiger partial charge on any atom is -0.346 e. The van der Waals surface area contributed by atoms with Gasteiger partial charge in [0.2, 0.25) is 0 Å². The van der Waals surface area contributed by atoms with Crippen LogP contribution in [0.15, 0.2) is 66.7 Å². The number of hydrazine groups is 1. The van der Waals surface area contributed by atoms with Gasteiger partial charge in [-0.15, -0.1) is 0 Å². The van der Waals surface area contributed by atoms with Crippen LogP contribution >= 0.6 is 0 Å². The van der Waals surface area contributed by atoms with Crippen molar-refractivity contribution in [3.63, 3.8) is 0 Å². The van der Waals surface area contributed by atoms with E-state index in [4.69, 9.17) is 0 Å². The Labute approximate surface area is 161 Å². The van der Waals surface area contributed by atoms with Crippen molar-refractivity contribution < 1.29 is 13.2 Å². The Morgan fingerprint density at radius 3 is 2.82 bits per heavy atom. The zero-order chi connectivity index (χ0) is 20.1. The van der Waals surface area contributed by atoms with E-state index in [2.05, 4.69) is 20.8 Å². The number of anilines is 1. The van der Waals surface area contributed by atoms with Gasteiger partial charge in [0.05, 0.1) is 11.3 Å². The molecule has 146 valence electrons. The number of hydrogen-bond donors (Lipinski definition) is 3. The SMILES string of the molecule is C/C=C\C(=C/NNc1cc(C(F)(F)F)ccc1C)Cc1c[nH]c2ncccc12. The second-order valence-corrected chi connectivity index (χ2v) is 6.41. The van der Waals surface area contributed by atoms with Crippen molar-refractivity contribution >= 4 is 16.7 Å². The van der Waals surface area contributed by atoms with Crippen LogP contribution < -0.4 is 10.9 Å². The zero-order valence-corrected chi connectivity index (χ0v) is 15.6. The molecular formula is C21H21F3N4. The Bertz CT molecular complexity index is 1020. The van der Waals surface area contributed by atoms with E-state index in [0.29, 0.717) is 17.7 Å². The number of allylic oxidation sites excluding steroid dienone is 3. The number of alkyl halides is 3. The molecule has 2 heterocycles. The molecule has 0 fully saturated rings. The highest BCUT2D eigenvalue weighted by atomic mass is 19.4. The Balaban J connectivity index is 1.75. The summed E-state index contributed by atoms with van der Waals surface area (Å²) < 4.78 is 38.7. The summed E-state index contributed by atoms with van der Waals surface area (Å²) in [6.45, 7) is 3.66. The Morgan fingerprint density at radius 2 is 2.07 bits per heavy atom. The lowest BCUT2D eigenvalue weighted by Crippen LogP contribution is -2.17. The van der Waals surface area contributed by atoms with Gasteiger partial charge >= 0.3 is 6.18 Å². The summed E-state index contributed by atoms with van der Waals surface area (Å²) >= 11 is 0. The molecular weight excluding hydrogens is 365 g/mol. The van der Waals surface area contributed by atoms with Crippen molar-refractivity contribution in [2.45, 2.75) is 26.4 Å². The van der Waals surface area contributed by atoms with Gasteiger partial charge in [0.15, 0.2) is 0 Å². The summed E-state index contributed by atoms with van der Waals surface area (Å²) in [5.74, 6) is 0. The fourth-order valence-corrected chi connectivity index (χ4v) is 2.89. The van der Waals surface area contributed by atoms with Crippen LogP contribution in [0.4, 0.5) is 18.9 Å². The quantitative estimate of drug-likeness (QED) is 0.387. The summed E-state index contributed by atoms with van der Waals surface area (Å²) in [6, 6.07) is 7.50. The van der Waals surface area contributed by atoms with E-state index in [1.807, 2.05) is 37.4 Å². The van der Waals surface area contributed by atoms with E-state index in [9.17, 15) is 13.2 Å². The number of pyridine rings is 1. The number of nitrogens with one attached hydrogen (secondary N) is 3. The number of fused-ring (bicyclic) bond motifs is 1. The molecule has 0 bridgehead atoms. The molecule has 3 N–H and O–H groups in total. The van der Waals surface area contributed by atoms with Crippen molar-refractivity contribution in [2.75, 3.05) is 5.43 Å². The molecule has 4 nitrogen and oxygen atoms in total.